The predicted molar refractivity (Wildman–Crippen MR) is 112 cm³/mol. The Kier molecular flexibility index (Phi) is 6.96. The fraction of sp³-hybridized carbons (Fsp3) is 0.318. The Hall–Kier alpha value is -3.75. The minimum absolute atomic E-state index is 0.0734. The Balaban J connectivity index is 1.52. The maximum Gasteiger partial charge on any atom is 0.419 e. The summed E-state index contributed by atoms with van der Waals surface area (Å²) in [6, 6.07) is 11.8. The van der Waals surface area contributed by atoms with Gasteiger partial charge in [-0.05, 0) is 37.3 Å². The van der Waals surface area contributed by atoms with E-state index in [9.17, 15) is 14.4 Å². The molecule has 0 aliphatic carbocycles. The molecule has 0 spiro atoms. The lowest BCUT2D eigenvalue weighted by Gasteiger charge is -2.18. The van der Waals surface area contributed by atoms with Crippen LogP contribution in [0.1, 0.15) is 24.9 Å². The third kappa shape index (κ3) is 5.25. The molecular formula is C22H24N2O7. The van der Waals surface area contributed by atoms with Crippen LogP contribution in [0.15, 0.2) is 51.7 Å². The molecule has 3 aromatic rings. The largest absolute Gasteiger partial charge is 0.497 e. The molecule has 2 aromatic carbocycles. The summed E-state index contributed by atoms with van der Waals surface area (Å²) >= 11 is 0. The zero-order valence-electron chi connectivity index (χ0n) is 17.5. The normalized spacial score (nSPS) is 11.7. The van der Waals surface area contributed by atoms with Gasteiger partial charge in [0.25, 0.3) is 5.91 Å². The highest BCUT2D eigenvalue weighted by molar-refractivity contribution is 5.81. The quantitative estimate of drug-likeness (QED) is 0.521. The number of nitrogens with one attached hydrogen (secondary N) is 1. The molecule has 1 unspecified atom stereocenters. The second-order valence-corrected chi connectivity index (χ2v) is 6.80. The number of aryl methyl sites for hydroxylation is 1. The Morgan fingerprint density at radius 2 is 1.90 bits per heavy atom. The van der Waals surface area contributed by atoms with Gasteiger partial charge in [-0.25, -0.2) is 4.79 Å². The van der Waals surface area contributed by atoms with Crippen molar-refractivity contribution in [1.82, 2.24) is 9.88 Å². The van der Waals surface area contributed by atoms with Crippen molar-refractivity contribution in [2.75, 3.05) is 20.8 Å². The Morgan fingerprint density at radius 1 is 1.13 bits per heavy atom. The summed E-state index contributed by atoms with van der Waals surface area (Å²) in [5, 5.41) is 2.76. The van der Waals surface area contributed by atoms with E-state index in [0.29, 0.717) is 22.6 Å². The van der Waals surface area contributed by atoms with Crippen LogP contribution in [0.2, 0.25) is 0 Å². The monoisotopic (exact) mass is 428 g/mol. The summed E-state index contributed by atoms with van der Waals surface area (Å²) in [5.74, 6) is -0.378. The number of amides is 1. The second kappa shape index (κ2) is 9.84. The molecule has 1 heterocycles. The van der Waals surface area contributed by atoms with Crippen molar-refractivity contribution in [2.24, 2.45) is 0 Å². The number of esters is 1. The maximum atomic E-state index is 12.2. The lowest BCUT2D eigenvalue weighted by Crippen LogP contribution is -2.31. The highest BCUT2D eigenvalue weighted by Crippen LogP contribution is 2.29. The third-order valence-corrected chi connectivity index (χ3v) is 4.76. The molecule has 0 saturated heterocycles. The van der Waals surface area contributed by atoms with Crippen LogP contribution in [0, 0.1) is 0 Å². The number of para-hydroxylation sites is 2. The number of benzene rings is 2. The van der Waals surface area contributed by atoms with Crippen molar-refractivity contribution in [1.29, 1.82) is 0 Å². The van der Waals surface area contributed by atoms with Gasteiger partial charge < -0.3 is 23.9 Å². The molecule has 0 saturated carbocycles. The van der Waals surface area contributed by atoms with Crippen LogP contribution in [0.4, 0.5) is 0 Å². The fourth-order valence-corrected chi connectivity index (χ4v) is 3.19. The molecule has 0 aliphatic rings. The first-order chi connectivity index (χ1) is 14.9. The van der Waals surface area contributed by atoms with Crippen molar-refractivity contribution in [2.45, 2.75) is 25.9 Å². The molecule has 0 aliphatic heterocycles. The van der Waals surface area contributed by atoms with E-state index in [4.69, 9.17) is 18.6 Å². The second-order valence-electron chi connectivity index (χ2n) is 6.80. The maximum absolute atomic E-state index is 12.2. The van der Waals surface area contributed by atoms with Gasteiger partial charge in [-0.1, -0.05) is 12.1 Å². The van der Waals surface area contributed by atoms with E-state index < -0.39 is 30.3 Å². The molecule has 164 valence electrons. The minimum atomic E-state index is -0.598. The zero-order chi connectivity index (χ0) is 22.4. The summed E-state index contributed by atoms with van der Waals surface area (Å²) in [7, 11) is 3.09. The molecule has 9 heteroatoms. The van der Waals surface area contributed by atoms with E-state index in [0.717, 1.165) is 5.56 Å². The number of fused-ring (bicyclic) bond motifs is 1. The molecule has 0 bridgehead atoms. The van der Waals surface area contributed by atoms with Crippen LogP contribution < -0.4 is 20.5 Å². The van der Waals surface area contributed by atoms with Gasteiger partial charge in [0.05, 0.1) is 32.2 Å². The summed E-state index contributed by atoms with van der Waals surface area (Å²) in [6.45, 7) is 1.44. The number of oxazole rings is 1. The van der Waals surface area contributed by atoms with E-state index in [-0.39, 0.29) is 13.0 Å². The number of hydrogen-bond acceptors (Lipinski definition) is 7. The molecule has 31 heavy (non-hydrogen) atoms. The molecule has 1 amide bonds. The lowest BCUT2D eigenvalue weighted by atomic mass is 10.1. The number of carbonyl (C=O) groups is 2. The van der Waals surface area contributed by atoms with Crippen molar-refractivity contribution in [3.63, 3.8) is 0 Å². The lowest BCUT2D eigenvalue weighted by molar-refractivity contribution is -0.148. The van der Waals surface area contributed by atoms with Gasteiger partial charge in [0, 0.05) is 12.1 Å². The standard InChI is InChI=1S/C22H24N2O7/c1-14(16-12-15(28-2)8-9-18(16)29-3)23-20(25)13-30-21(26)10-11-24-17-6-4-5-7-19(17)31-22(24)27/h4-9,12,14H,10-11,13H2,1-3H3,(H,23,25). The number of aromatic nitrogens is 1. The Morgan fingerprint density at radius 3 is 2.65 bits per heavy atom. The summed E-state index contributed by atoms with van der Waals surface area (Å²) in [4.78, 5) is 36.2. The molecule has 9 nitrogen and oxygen atoms in total. The van der Waals surface area contributed by atoms with Gasteiger partial charge in [0.2, 0.25) is 0 Å². The fourth-order valence-electron chi connectivity index (χ4n) is 3.19. The molecule has 0 fully saturated rings. The number of nitrogens with zero attached hydrogens (tertiary/aromatic N) is 1. The zero-order valence-corrected chi connectivity index (χ0v) is 17.5. The van der Waals surface area contributed by atoms with Crippen molar-refractivity contribution in [3.05, 3.63) is 58.6 Å². The number of rotatable bonds is 9. The summed E-state index contributed by atoms with van der Waals surface area (Å²) in [5.41, 5.74) is 1.77. The van der Waals surface area contributed by atoms with Crippen LogP contribution in [0.3, 0.4) is 0 Å². The smallest absolute Gasteiger partial charge is 0.419 e. The summed E-state index contributed by atoms with van der Waals surface area (Å²) < 4.78 is 22.1. The first-order valence-corrected chi connectivity index (χ1v) is 9.68. The van der Waals surface area contributed by atoms with Crippen LogP contribution in [0.25, 0.3) is 11.1 Å². The Labute approximate surface area is 178 Å². The van der Waals surface area contributed by atoms with Crippen molar-refractivity contribution in [3.8, 4) is 11.5 Å². The molecular weight excluding hydrogens is 404 g/mol. The SMILES string of the molecule is COc1ccc(OC)c(C(C)NC(=O)COC(=O)CCn2c(=O)oc3ccccc32)c1. The number of methoxy groups -OCH3 is 2. The van der Waals surface area contributed by atoms with Gasteiger partial charge in [-0.3, -0.25) is 14.2 Å². The van der Waals surface area contributed by atoms with E-state index in [1.54, 1.807) is 56.5 Å². The molecule has 3 rings (SSSR count). The minimum Gasteiger partial charge on any atom is -0.497 e. The van der Waals surface area contributed by atoms with Gasteiger partial charge >= 0.3 is 11.7 Å². The van der Waals surface area contributed by atoms with Gasteiger partial charge in [0.1, 0.15) is 11.5 Å². The highest BCUT2D eigenvalue weighted by Gasteiger charge is 2.17. The van der Waals surface area contributed by atoms with E-state index in [1.165, 1.54) is 11.7 Å². The first-order valence-electron chi connectivity index (χ1n) is 9.68. The van der Waals surface area contributed by atoms with Gasteiger partial charge in [-0.2, -0.15) is 0 Å². The predicted octanol–water partition coefficient (Wildman–Crippen LogP) is 2.42. The van der Waals surface area contributed by atoms with Gasteiger partial charge in [0.15, 0.2) is 12.2 Å². The third-order valence-electron chi connectivity index (χ3n) is 4.76. The van der Waals surface area contributed by atoms with Crippen LogP contribution in [-0.4, -0.2) is 37.3 Å². The van der Waals surface area contributed by atoms with Gasteiger partial charge in [-0.15, -0.1) is 0 Å². The Bertz CT molecular complexity index is 1130. The van der Waals surface area contributed by atoms with Crippen LogP contribution >= 0.6 is 0 Å². The van der Waals surface area contributed by atoms with Crippen molar-refractivity contribution >= 4 is 23.0 Å². The average molecular weight is 428 g/mol. The number of hydrogen-bond donors (Lipinski definition) is 1. The summed E-state index contributed by atoms with van der Waals surface area (Å²) in [6.07, 6.45) is -0.0734. The molecule has 0 radical (unpaired) electrons. The van der Waals surface area contributed by atoms with Crippen molar-refractivity contribution < 1.29 is 28.2 Å². The number of carbonyl (C=O) groups excluding carboxylic acids is 2. The van der Waals surface area contributed by atoms with E-state index in [1.807, 2.05) is 0 Å². The van der Waals surface area contributed by atoms with E-state index >= 15 is 0 Å². The van der Waals surface area contributed by atoms with E-state index in [2.05, 4.69) is 5.32 Å². The molecule has 1 atom stereocenters. The van der Waals surface area contributed by atoms with Crippen LogP contribution in [-0.2, 0) is 20.9 Å². The van der Waals surface area contributed by atoms with Crippen LogP contribution in [0.5, 0.6) is 11.5 Å². The topological polar surface area (TPSA) is 109 Å². The average Bonchev–Trinajstić information content (AvgIpc) is 3.10. The first kappa shape index (κ1) is 21.9. The number of ether oxygens (including phenoxy) is 3. The molecule has 1 aromatic heterocycles. The molecule has 1 N–H and O–H groups in total. The highest BCUT2D eigenvalue weighted by atomic mass is 16.5.